The molecule has 0 spiro atoms. The van der Waals surface area contributed by atoms with Crippen molar-refractivity contribution in [3.05, 3.63) is 48.8 Å². The van der Waals surface area contributed by atoms with Crippen LogP contribution in [0.4, 0.5) is 5.69 Å². The van der Waals surface area contributed by atoms with E-state index in [9.17, 15) is 9.59 Å². The number of benzene rings is 1. The van der Waals surface area contributed by atoms with Crippen molar-refractivity contribution < 1.29 is 14.3 Å². The summed E-state index contributed by atoms with van der Waals surface area (Å²) in [5.74, 6) is 1.42. The number of amides is 2. The number of para-hydroxylation sites is 2. The molecular weight excluding hydrogens is 362 g/mol. The Hall–Kier alpha value is -2.54. The molecule has 0 aliphatic carbocycles. The monoisotopic (exact) mass is 385 g/mol. The van der Waals surface area contributed by atoms with Gasteiger partial charge in [-0.1, -0.05) is 12.1 Å². The molecule has 27 heavy (non-hydrogen) atoms. The third-order valence-corrected chi connectivity index (χ3v) is 4.96. The molecule has 7 heteroatoms. The number of anilines is 1. The number of carbonyl (C=O) groups is 2. The number of ether oxygens (including phenoxy) is 1. The molecule has 0 saturated carbocycles. The molecule has 2 aromatic rings. The number of nitrogens with zero attached hydrogens (tertiary/aromatic N) is 2. The molecule has 142 valence electrons. The Morgan fingerprint density at radius 3 is 2.93 bits per heavy atom. The van der Waals surface area contributed by atoms with Gasteiger partial charge in [-0.25, -0.2) is 0 Å². The standard InChI is InChI=1S/C20H23N3O3S/c1-27-14-19(24)23-11-5-6-15(13-23)20(25)22-17-8-2-3-9-18(17)26-16-7-4-10-21-12-16/h2-4,7-10,12,15H,5-6,11,13-14H2,1H3,(H,22,25)/t15-/m1/s1. The summed E-state index contributed by atoms with van der Waals surface area (Å²) < 4.78 is 5.84. The van der Waals surface area contributed by atoms with E-state index < -0.39 is 0 Å². The number of thioether (sulfide) groups is 1. The van der Waals surface area contributed by atoms with Gasteiger partial charge in [-0.3, -0.25) is 14.6 Å². The molecule has 6 nitrogen and oxygen atoms in total. The highest BCUT2D eigenvalue weighted by molar-refractivity contribution is 7.99. The molecule has 1 N–H and O–H groups in total. The summed E-state index contributed by atoms with van der Waals surface area (Å²) in [6.07, 6.45) is 6.82. The second kappa shape index (κ2) is 9.41. The molecule has 0 unspecified atom stereocenters. The predicted octanol–water partition coefficient (Wildman–Crippen LogP) is 3.41. The van der Waals surface area contributed by atoms with Crippen LogP contribution in [0.3, 0.4) is 0 Å². The molecule has 0 radical (unpaired) electrons. The van der Waals surface area contributed by atoms with Gasteiger partial charge in [0.1, 0.15) is 5.75 Å². The van der Waals surface area contributed by atoms with Crippen LogP contribution >= 0.6 is 11.8 Å². The molecule has 1 saturated heterocycles. The van der Waals surface area contributed by atoms with Crippen LogP contribution in [-0.4, -0.2) is 46.8 Å². The maximum atomic E-state index is 12.8. The minimum absolute atomic E-state index is 0.0844. The molecule has 0 bridgehead atoms. The summed E-state index contributed by atoms with van der Waals surface area (Å²) >= 11 is 1.51. The topological polar surface area (TPSA) is 71.5 Å². The van der Waals surface area contributed by atoms with Gasteiger partial charge in [0.25, 0.3) is 0 Å². The molecule has 1 aromatic heterocycles. The van der Waals surface area contributed by atoms with E-state index >= 15 is 0 Å². The third-order valence-electron chi connectivity index (χ3n) is 4.42. The summed E-state index contributed by atoms with van der Waals surface area (Å²) in [7, 11) is 0. The molecule has 2 heterocycles. The first-order valence-electron chi connectivity index (χ1n) is 8.92. The number of piperidine rings is 1. The van der Waals surface area contributed by atoms with Crippen molar-refractivity contribution in [3.8, 4) is 11.5 Å². The summed E-state index contributed by atoms with van der Waals surface area (Å²) in [4.78, 5) is 30.7. The number of hydrogen-bond donors (Lipinski definition) is 1. The average molecular weight is 385 g/mol. The normalized spacial score (nSPS) is 16.6. The Morgan fingerprint density at radius 1 is 1.30 bits per heavy atom. The largest absolute Gasteiger partial charge is 0.454 e. The van der Waals surface area contributed by atoms with Crippen molar-refractivity contribution in [1.82, 2.24) is 9.88 Å². The number of carbonyl (C=O) groups excluding carboxylic acids is 2. The lowest BCUT2D eigenvalue weighted by molar-refractivity contribution is -0.132. The van der Waals surface area contributed by atoms with E-state index in [0.717, 1.165) is 19.4 Å². The maximum absolute atomic E-state index is 12.8. The van der Waals surface area contributed by atoms with Crippen LogP contribution in [0, 0.1) is 5.92 Å². The summed E-state index contributed by atoms with van der Waals surface area (Å²) in [6.45, 7) is 1.20. The van der Waals surface area contributed by atoms with Crippen molar-refractivity contribution in [1.29, 1.82) is 0 Å². The lowest BCUT2D eigenvalue weighted by atomic mass is 9.97. The smallest absolute Gasteiger partial charge is 0.232 e. The zero-order valence-corrected chi connectivity index (χ0v) is 16.1. The van der Waals surface area contributed by atoms with Crippen LogP contribution in [0.1, 0.15) is 12.8 Å². The van der Waals surface area contributed by atoms with Gasteiger partial charge >= 0.3 is 0 Å². The first-order chi connectivity index (χ1) is 13.2. The van der Waals surface area contributed by atoms with E-state index in [0.29, 0.717) is 29.5 Å². The van der Waals surface area contributed by atoms with Gasteiger partial charge in [-0.15, -0.1) is 0 Å². The van der Waals surface area contributed by atoms with Crippen molar-refractivity contribution in [3.63, 3.8) is 0 Å². The molecule has 1 atom stereocenters. The molecule has 2 amide bonds. The van der Waals surface area contributed by atoms with Crippen molar-refractivity contribution >= 4 is 29.3 Å². The zero-order valence-electron chi connectivity index (χ0n) is 15.3. The minimum Gasteiger partial charge on any atom is -0.454 e. The van der Waals surface area contributed by atoms with E-state index in [2.05, 4.69) is 10.3 Å². The number of hydrogen-bond acceptors (Lipinski definition) is 5. The summed E-state index contributed by atoms with van der Waals surface area (Å²) in [6, 6.07) is 10.9. The molecule has 1 aromatic carbocycles. The average Bonchev–Trinajstić information content (AvgIpc) is 2.70. The van der Waals surface area contributed by atoms with E-state index in [4.69, 9.17) is 4.74 Å². The number of aromatic nitrogens is 1. The van der Waals surface area contributed by atoms with Gasteiger partial charge in [0.05, 0.1) is 23.6 Å². The third kappa shape index (κ3) is 5.23. The fourth-order valence-electron chi connectivity index (χ4n) is 3.06. The molecular formula is C20H23N3O3S. The van der Waals surface area contributed by atoms with Gasteiger partial charge in [-0.2, -0.15) is 11.8 Å². The lowest BCUT2D eigenvalue weighted by Crippen LogP contribution is -2.44. The first-order valence-corrected chi connectivity index (χ1v) is 10.3. The molecule has 1 fully saturated rings. The van der Waals surface area contributed by atoms with Crippen LogP contribution in [0.5, 0.6) is 11.5 Å². The maximum Gasteiger partial charge on any atom is 0.232 e. The number of likely N-dealkylation sites (tertiary alicyclic amines) is 1. The Morgan fingerprint density at radius 2 is 2.15 bits per heavy atom. The fourth-order valence-corrected chi connectivity index (χ4v) is 3.49. The highest BCUT2D eigenvalue weighted by Gasteiger charge is 2.28. The van der Waals surface area contributed by atoms with Gasteiger partial charge in [0.15, 0.2) is 5.75 Å². The molecule has 3 rings (SSSR count). The Labute approximate surface area is 163 Å². The lowest BCUT2D eigenvalue weighted by Gasteiger charge is -2.32. The fraction of sp³-hybridized carbons (Fsp3) is 0.350. The first kappa shape index (κ1) is 19.2. The van der Waals surface area contributed by atoms with E-state index in [-0.39, 0.29) is 17.7 Å². The number of rotatable bonds is 6. The van der Waals surface area contributed by atoms with Crippen LogP contribution < -0.4 is 10.1 Å². The van der Waals surface area contributed by atoms with E-state index in [1.165, 1.54) is 11.8 Å². The van der Waals surface area contributed by atoms with Crippen LogP contribution in [0.25, 0.3) is 0 Å². The van der Waals surface area contributed by atoms with Gasteiger partial charge < -0.3 is 15.0 Å². The Bertz CT molecular complexity index is 785. The van der Waals surface area contributed by atoms with Gasteiger partial charge in [-0.05, 0) is 43.4 Å². The summed E-state index contributed by atoms with van der Waals surface area (Å²) in [5.41, 5.74) is 0.610. The number of nitrogens with one attached hydrogen (secondary N) is 1. The van der Waals surface area contributed by atoms with E-state index in [1.807, 2.05) is 30.5 Å². The molecule has 1 aliphatic rings. The zero-order chi connectivity index (χ0) is 19.1. The molecule has 1 aliphatic heterocycles. The van der Waals surface area contributed by atoms with Crippen LogP contribution in [-0.2, 0) is 9.59 Å². The van der Waals surface area contributed by atoms with Crippen molar-refractivity contribution in [2.45, 2.75) is 12.8 Å². The quantitative estimate of drug-likeness (QED) is 0.825. The van der Waals surface area contributed by atoms with Crippen molar-refractivity contribution in [2.24, 2.45) is 5.92 Å². The number of pyridine rings is 1. The highest BCUT2D eigenvalue weighted by Crippen LogP contribution is 2.30. The Balaban J connectivity index is 1.66. The second-order valence-electron chi connectivity index (χ2n) is 6.39. The predicted molar refractivity (Wildman–Crippen MR) is 107 cm³/mol. The van der Waals surface area contributed by atoms with Crippen LogP contribution in [0.2, 0.25) is 0 Å². The van der Waals surface area contributed by atoms with Gasteiger partial charge in [0, 0.05) is 19.3 Å². The minimum atomic E-state index is -0.212. The summed E-state index contributed by atoms with van der Waals surface area (Å²) in [5, 5.41) is 2.96. The highest BCUT2D eigenvalue weighted by atomic mass is 32.2. The SMILES string of the molecule is CSCC(=O)N1CCC[C@@H](C(=O)Nc2ccccc2Oc2cccnc2)C1. The Kier molecular flexibility index (Phi) is 6.70. The van der Waals surface area contributed by atoms with Gasteiger partial charge in [0.2, 0.25) is 11.8 Å². The van der Waals surface area contributed by atoms with Crippen LogP contribution in [0.15, 0.2) is 48.8 Å². The second-order valence-corrected chi connectivity index (χ2v) is 7.25. The van der Waals surface area contributed by atoms with E-state index in [1.54, 1.807) is 29.4 Å². The van der Waals surface area contributed by atoms with Crippen molar-refractivity contribution in [2.75, 3.05) is 30.4 Å².